The minimum absolute atomic E-state index is 0.183. The van der Waals surface area contributed by atoms with Crippen molar-refractivity contribution in [3.05, 3.63) is 54.1 Å². The number of ether oxygens (including phenoxy) is 2. The Morgan fingerprint density at radius 2 is 1.70 bits per heavy atom. The normalized spacial score (nSPS) is 23.6. The molecule has 0 saturated carbocycles. The van der Waals surface area contributed by atoms with Crippen LogP contribution in [0.4, 0.5) is 5.69 Å². The van der Waals surface area contributed by atoms with E-state index in [1.807, 2.05) is 6.07 Å². The maximum absolute atomic E-state index is 6.33. The number of nitrogens with zero attached hydrogens (tertiary/aromatic N) is 1. The fraction of sp³-hybridized carbons (Fsp3) is 0.368. The topological polar surface area (TPSA) is 47.7 Å². The van der Waals surface area contributed by atoms with Crippen molar-refractivity contribution in [2.24, 2.45) is 5.73 Å². The summed E-state index contributed by atoms with van der Waals surface area (Å²) in [5.74, 6) is 2.14. The number of hydrogen-bond donors (Lipinski definition) is 1. The summed E-state index contributed by atoms with van der Waals surface area (Å²) in [7, 11) is 0. The molecule has 4 rings (SSSR count). The third-order valence-corrected chi connectivity index (χ3v) is 4.64. The zero-order chi connectivity index (χ0) is 15.6. The Kier molecular flexibility index (Phi) is 3.83. The predicted molar refractivity (Wildman–Crippen MR) is 91.4 cm³/mol. The van der Waals surface area contributed by atoms with Crippen LogP contribution in [0.1, 0.15) is 17.9 Å². The minimum atomic E-state index is 0.183. The first-order chi connectivity index (χ1) is 11.3. The molecule has 2 unspecified atom stereocenters. The third kappa shape index (κ3) is 2.99. The molecule has 1 saturated heterocycles. The molecule has 0 spiro atoms. The first kappa shape index (κ1) is 14.4. The number of nitrogens with two attached hydrogens (primary N) is 1. The molecule has 120 valence electrons. The van der Waals surface area contributed by atoms with E-state index in [1.165, 1.54) is 5.56 Å². The molecular formula is C19H22N2O2. The number of rotatable bonds is 2. The molecule has 2 aromatic carbocycles. The number of hydrogen-bond acceptors (Lipinski definition) is 4. The van der Waals surface area contributed by atoms with E-state index in [-0.39, 0.29) is 6.04 Å². The van der Waals surface area contributed by atoms with Gasteiger partial charge in [0.2, 0.25) is 0 Å². The summed E-state index contributed by atoms with van der Waals surface area (Å²) in [5, 5.41) is 0. The highest BCUT2D eigenvalue weighted by Gasteiger charge is 2.27. The summed E-state index contributed by atoms with van der Waals surface area (Å²) in [5.41, 5.74) is 8.85. The molecule has 1 fully saturated rings. The fourth-order valence-corrected chi connectivity index (χ4v) is 3.54. The molecule has 0 aliphatic carbocycles. The van der Waals surface area contributed by atoms with Crippen molar-refractivity contribution in [1.29, 1.82) is 0 Å². The summed E-state index contributed by atoms with van der Waals surface area (Å²) in [6, 6.07) is 17.0. The highest BCUT2D eigenvalue weighted by molar-refractivity contribution is 5.57. The van der Waals surface area contributed by atoms with Crippen molar-refractivity contribution in [3.8, 4) is 11.5 Å². The average molecular weight is 310 g/mol. The molecular weight excluding hydrogens is 288 g/mol. The van der Waals surface area contributed by atoms with Crippen LogP contribution in [-0.2, 0) is 0 Å². The Morgan fingerprint density at radius 1 is 0.913 bits per heavy atom. The molecule has 0 bridgehead atoms. The van der Waals surface area contributed by atoms with Crippen LogP contribution in [0, 0.1) is 0 Å². The lowest BCUT2D eigenvalue weighted by molar-refractivity contribution is 0.171. The van der Waals surface area contributed by atoms with Gasteiger partial charge in [0.05, 0.1) is 0 Å². The standard InChI is InChI=1S/C19H22N2O2/c20-16-10-15(14-4-2-1-3-5-14)12-21(13-16)17-6-7-18-19(11-17)23-9-8-22-18/h1-7,11,15-16H,8-10,12-13,20H2. The maximum Gasteiger partial charge on any atom is 0.163 e. The molecule has 23 heavy (non-hydrogen) atoms. The largest absolute Gasteiger partial charge is 0.486 e. The highest BCUT2D eigenvalue weighted by atomic mass is 16.6. The van der Waals surface area contributed by atoms with Gasteiger partial charge in [-0.25, -0.2) is 0 Å². The van der Waals surface area contributed by atoms with Crippen molar-refractivity contribution < 1.29 is 9.47 Å². The fourth-order valence-electron chi connectivity index (χ4n) is 3.54. The van der Waals surface area contributed by atoms with E-state index in [0.29, 0.717) is 19.1 Å². The van der Waals surface area contributed by atoms with Gasteiger partial charge in [0.1, 0.15) is 13.2 Å². The van der Waals surface area contributed by atoms with Crippen molar-refractivity contribution in [2.45, 2.75) is 18.4 Å². The lowest BCUT2D eigenvalue weighted by atomic mass is 9.88. The van der Waals surface area contributed by atoms with Gasteiger partial charge in [-0.05, 0) is 24.1 Å². The molecule has 2 aliphatic rings. The maximum atomic E-state index is 6.33. The Hall–Kier alpha value is -2.20. The van der Waals surface area contributed by atoms with Gasteiger partial charge in [-0.3, -0.25) is 0 Å². The summed E-state index contributed by atoms with van der Waals surface area (Å²) >= 11 is 0. The SMILES string of the molecule is NC1CC(c2ccccc2)CN(c2ccc3c(c2)OCCO3)C1. The zero-order valence-corrected chi connectivity index (χ0v) is 13.2. The lowest BCUT2D eigenvalue weighted by Crippen LogP contribution is -2.46. The van der Waals surface area contributed by atoms with Gasteiger partial charge in [0.25, 0.3) is 0 Å². The Balaban J connectivity index is 1.58. The van der Waals surface area contributed by atoms with Crippen LogP contribution in [0.5, 0.6) is 11.5 Å². The van der Waals surface area contributed by atoms with Crippen molar-refractivity contribution >= 4 is 5.69 Å². The van der Waals surface area contributed by atoms with E-state index in [4.69, 9.17) is 15.2 Å². The molecule has 2 heterocycles. The van der Waals surface area contributed by atoms with E-state index in [0.717, 1.165) is 36.7 Å². The summed E-state index contributed by atoms with van der Waals surface area (Å²) in [6.07, 6.45) is 1.03. The van der Waals surface area contributed by atoms with E-state index in [2.05, 4.69) is 47.4 Å². The Morgan fingerprint density at radius 3 is 2.52 bits per heavy atom. The first-order valence-corrected chi connectivity index (χ1v) is 8.25. The zero-order valence-electron chi connectivity index (χ0n) is 13.2. The number of piperidine rings is 1. The van der Waals surface area contributed by atoms with Crippen LogP contribution < -0.4 is 20.1 Å². The van der Waals surface area contributed by atoms with E-state index >= 15 is 0 Å². The molecule has 2 atom stereocenters. The van der Waals surface area contributed by atoms with Crippen LogP contribution in [-0.4, -0.2) is 32.3 Å². The molecule has 2 aromatic rings. The van der Waals surface area contributed by atoms with Gasteiger partial charge >= 0.3 is 0 Å². The molecule has 0 amide bonds. The van der Waals surface area contributed by atoms with Gasteiger partial charge in [-0.1, -0.05) is 30.3 Å². The Bertz CT molecular complexity index is 674. The van der Waals surface area contributed by atoms with Gasteiger partial charge in [-0.2, -0.15) is 0 Å². The van der Waals surface area contributed by atoms with Gasteiger partial charge in [0, 0.05) is 36.8 Å². The van der Waals surface area contributed by atoms with Gasteiger partial charge < -0.3 is 20.1 Å². The van der Waals surface area contributed by atoms with Crippen molar-refractivity contribution in [1.82, 2.24) is 0 Å². The van der Waals surface area contributed by atoms with Crippen LogP contribution in [0.25, 0.3) is 0 Å². The van der Waals surface area contributed by atoms with E-state index < -0.39 is 0 Å². The summed E-state index contributed by atoms with van der Waals surface area (Å²) < 4.78 is 11.3. The van der Waals surface area contributed by atoms with Crippen LogP contribution in [0.3, 0.4) is 0 Å². The van der Waals surface area contributed by atoms with Gasteiger partial charge in [0.15, 0.2) is 11.5 Å². The second-order valence-corrected chi connectivity index (χ2v) is 6.34. The molecule has 2 N–H and O–H groups in total. The van der Waals surface area contributed by atoms with Crippen molar-refractivity contribution in [3.63, 3.8) is 0 Å². The molecule has 4 nitrogen and oxygen atoms in total. The molecule has 0 aromatic heterocycles. The van der Waals surface area contributed by atoms with Crippen LogP contribution in [0.2, 0.25) is 0 Å². The number of benzene rings is 2. The summed E-state index contributed by atoms with van der Waals surface area (Å²) in [4.78, 5) is 2.37. The van der Waals surface area contributed by atoms with Crippen molar-refractivity contribution in [2.75, 3.05) is 31.2 Å². The number of anilines is 1. The second-order valence-electron chi connectivity index (χ2n) is 6.34. The molecule has 0 radical (unpaired) electrons. The average Bonchev–Trinajstić information content (AvgIpc) is 2.61. The minimum Gasteiger partial charge on any atom is -0.486 e. The van der Waals surface area contributed by atoms with Gasteiger partial charge in [-0.15, -0.1) is 0 Å². The summed E-state index contributed by atoms with van der Waals surface area (Å²) in [6.45, 7) is 3.10. The molecule has 4 heteroatoms. The monoisotopic (exact) mass is 310 g/mol. The smallest absolute Gasteiger partial charge is 0.163 e. The van der Waals surface area contributed by atoms with Crippen LogP contribution >= 0.6 is 0 Å². The third-order valence-electron chi connectivity index (χ3n) is 4.64. The quantitative estimate of drug-likeness (QED) is 0.926. The second kappa shape index (κ2) is 6.13. The number of fused-ring (bicyclic) bond motifs is 1. The van der Waals surface area contributed by atoms with E-state index in [1.54, 1.807) is 0 Å². The first-order valence-electron chi connectivity index (χ1n) is 8.25. The van der Waals surface area contributed by atoms with E-state index in [9.17, 15) is 0 Å². The Labute approximate surface area is 136 Å². The molecule has 2 aliphatic heterocycles. The lowest BCUT2D eigenvalue weighted by Gasteiger charge is -2.38. The van der Waals surface area contributed by atoms with Crippen LogP contribution in [0.15, 0.2) is 48.5 Å². The predicted octanol–water partition coefficient (Wildman–Crippen LogP) is 2.78. The highest BCUT2D eigenvalue weighted by Crippen LogP contribution is 2.36.